The molecule has 7 aromatic carbocycles. The smallest absolute Gasteiger partial charge is 0.227 e. The molecule has 0 bridgehead atoms. The van der Waals surface area contributed by atoms with E-state index in [-0.39, 0.29) is 5.41 Å². The average Bonchev–Trinajstić information content (AvgIpc) is 3.89. The number of hydrogen-bond acceptors (Lipinski definition) is 4. The number of fused-ring (bicyclic) bond motifs is 9. The molecular weight excluding hydrogens is 677 g/mol. The van der Waals surface area contributed by atoms with Crippen LogP contribution in [0.1, 0.15) is 43.4 Å². The maximum absolute atomic E-state index is 6.43. The van der Waals surface area contributed by atoms with Crippen molar-refractivity contribution in [1.82, 2.24) is 4.98 Å². The Morgan fingerprint density at radius 3 is 2.13 bits per heavy atom. The van der Waals surface area contributed by atoms with E-state index >= 15 is 0 Å². The highest BCUT2D eigenvalue weighted by Gasteiger charge is 2.36. The van der Waals surface area contributed by atoms with Crippen molar-refractivity contribution in [3.05, 3.63) is 180 Å². The molecule has 2 aliphatic carbocycles. The van der Waals surface area contributed by atoms with Crippen LogP contribution in [-0.2, 0) is 5.41 Å². The average molecular weight is 713 g/mol. The molecule has 0 aliphatic heterocycles. The Morgan fingerprint density at radius 1 is 0.574 bits per heavy atom. The van der Waals surface area contributed by atoms with Gasteiger partial charge < -0.3 is 9.32 Å². The maximum atomic E-state index is 6.43. The largest absolute Gasteiger partial charge is 0.435 e. The van der Waals surface area contributed by atoms with Gasteiger partial charge in [0.2, 0.25) is 5.89 Å². The molecule has 2 aliphatic rings. The lowest BCUT2D eigenvalue weighted by Gasteiger charge is -2.31. The van der Waals surface area contributed by atoms with Gasteiger partial charge in [-0.2, -0.15) is 0 Å². The van der Waals surface area contributed by atoms with Crippen molar-refractivity contribution < 1.29 is 4.42 Å². The summed E-state index contributed by atoms with van der Waals surface area (Å²) >= 11 is 1.87. The monoisotopic (exact) mass is 712 g/mol. The Bertz CT molecular complexity index is 3030. The number of aromatic nitrogens is 1. The number of rotatable bonds is 5. The molecule has 9 aromatic rings. The molecule has 0 N–H and O–H groups in total. The van der Waals surface area contributed by atoms with E-state index in [1.54, 1.807) is 0 Å². The van der Waals surface area contributed by atoms with Gasteiger partial charge in [0.15, 0.2) is 5.58 Å². The number of benzene rings is 7. The Balaban J connectivity index is 1.06. The fraction of sp³-hybridized carbons (Fsp3) is 0.100. The van der Waals surface area contributed by atoms with Gasteiger partial charge in [0.1, 0.15) is 5.52 Å². The fourth-order valence-corrected chi connectivity index (χ4v) is 10.0. The summed E-state index contributed by atoms with van der Waals surface area (Å²) in [7, 11) is 0. The first-order valence-electron chi connectivity index (χ1n) is 18.7. The molecule has 11 rings (SSSR count). The molecule has 0 spiro atoms. The third-order valence-electron chi connectivity index (χ3n) is 11.6. The number of anilines is 2. The van der Waals surface area contributed by atoms with Crippen LogP contribution in [0.4, 0.5) is 11.4 Å². The summed E-state index contributed by atoms with van der Waals surface area (Å²) in [6.45, 7) is 4.73. The minimum absolute atomic E-state index is 0.0870. The topological polar surface area (TPSA) is 29.3 Å². The van der Waals surface area contributed by atoms with E-state index < -0.39 is 0 Å². The summed E-state index contributed by atoms with van der Waals surface area (Å²) in [4.78, 5) is 7.50. The minimum atomic E-state index is -0.0870. The van der Waals surface area contributed by atoms with E-state index in [1.165, 1.54) is 76.0 Å². The van der Waals surface area contributed by atoms with Gasteiger partial charge in [-0.25, -0.2) is 4.98 Å². The van der Waals surface area contributed by atoms with Crippen molar-refractivity contribution in [3.63, 3.8) is 0 Å². The maximum Gasteiger partial charge on any atom is 0.227 e. The molecular formula is C50H36N2OS. The van der Waals surface area contributed by atoms with Crippen LogP contribution < -0.4 is 4.90 Å². The molecule has 0 fully saturated rings. The quantitative estimate of drug-likeness (QED) is 0.178. The van der Waals surface area contributed by atoms with E-state index in [0.29, 0.717) is 5.89 Å². The summed E-state index contributed by atoms with van der Waals surface area (Å²) in [6, 6.07) is 52.8. The van der Waals surface area contributed by atoms with Crippen molar-refractivity contribution in [1.29, 1.82) is 0 Å². The standard InChI is InChI=1S/C50H36N2OS/c1-50(2)43-18-10-8-15-37(43)38-26-24-35(29-44(38)50)52(34-25-27-47-42(28-34)39-16-9-11-19-46(39)54-47)33-22-20-31(21-23-33)41-30-45-48(40-17-7-6-14-36(40)41)53-49(51-45)32-12-4-3-5-13-32/h3-20,22,24-30H,21,23H2,1-2H3. The normalized spacial score (nSPS) is 14.7. The van der Waals surface area contributed by atoms with E-state index in [2.05, 4.69) is 158 Å². The second kappa shape index (κ2) is 11.9. The highest BCUT2D eigenvalue weighted by Crippen LogP contribution is 2.51. The van der Waals surface area contributed by atoms with E-state index in [4.69, 9.17) is 9.40 Å². The van der Waals surface area contributed by atoms with E-state index in [0.717, 1.165) is 34.9 Å². The van der Waals surface area contributed by atoms with Crippen LogP contribution in [0.25, 0.3) is 70.2 Å². The lowest BCUT2D eigenvalue weighted by molar-refractivity contribution is 0.623. The zero-order chi connectivity index (χ0) is 36.0. The Labute approximate surface area is 318 Å². The molecule has 0 saturated heterocycles. The van der Waals surface area contributed by atoms with Crippen LogP contribution in [0.3, 0.4) is 0 Å². The number of nitrogens with zero attached hydrogens (tertiary/aromatic N) is 2. The molecule has 2 aromatic heterocycles. The van der Waals surface area contributed by atoms with Gasteiger partial charge in [0, 0.05) is 53.6 Å². The molecule has 0 saturated carbocycles. The fourth-order valence-electron chi connectivity index (χ4n) is 8.93. The first kappa shape index (κ1) is 31.3. The van der Waals surface area contributed by atoms with Gasteiger partial charge in [-0.05, 0) is 112 Å². The molecule has 4 heteroatoms. The summed E-state index contributed by atoms with van der Waals surface area (Å²) in [5.41, 5.74) is 14.3. The van der Waals surface area contributed by atoms with Crippen LogP contribution in [0.5, 0.6) is 0 Å². The zero-order valence-corrected chi connectivity index (χ0v) is 31.0. The molecule has 2 heterocycles. The molecule has 0 atom stereocenters. The highest BCUT2D eigenvalue weighted by molar-refractivity contribution is 7.25. The third-order valence-corrected chi connectivity index (χ3v) is 12.8. The highest BCUT2D eigenvalue weighted by atomic mass is 32.1. The minimum Gasteiger partial charge on any atom is -0.435 e. The van der Waals surface area contributed by atoms with Crippen molar-refractivity contribution in [2.45, 2.75) is 32.1 Å². The van der Waals surface area contributed by atoms with Crippen molar-refractivity contribution in [2.24, 2.45) is 0 Å². The molecule has 3 nitrogen and oxygen atoms in total. The SMILES string of the molecule is CC1(C)c2ccccc2-c2ccc(N(C3=CC=C(c4cc5nc(-c6ccccc6)oc5c5ccccc45)CC3)c3ccc4sc5ccccc5c4c3)cc21. The number of allylic oxidation sites excluding steroid dienone is 4. The third kappa shape index (κ3) is 4.76. The van der Waals surface area contributed by atoms with Gasteiger partial charge in [-0.15, -0.1) is 11.3 Å². The first-order chi connectivity index (χ1) is 26.5. The molecule has 54 heavy (non-hydrogen) atoms. The Hall–Kier alpha value is -6.23. The number of oxazole rings is 1. The van der Waals surface area contributed by atoms with Gasteiger partial charge in [-0.3, -0.25) is 0 Å². The number of hydrogen-bond donors (Lipinski definition) is 0. The lowest BCUT2D eigenvalue weighted by atomic mass is 9.82. The van der Waals surface area contributed by atoms with Gasteiger partial charge in [-0.1, -0.05) is 111 Å². The zero-order valence-electron chi connectivity index (χ0n) is 30.1. The summed E-state index contributed by atoms with van der Waals surface area (Å²) < 4.78 is 9.07. The second-order valence-electron chi connectivity index (χ2n) is 15.1. The van der Waals surface area contributed by atoms with E-state index in [9.17, 15) is 0 Å². The van der Waals surface area contributed by atoms with Crippen LogP contribution in [0, 0.1) is 0 Å². The van der Waals surface area contributed by atoms with Crippen LogP contribution >= 0.6 is 11.3 Å². The van der Waals surface area contributed by atoms with Gasteiger partial charge >= 0.3 is 0 Å². The summed E-state index contributed by atoms with van der Waals surface area (Å²) in [6.07, 6.45) is 6.49. The summed E-state index contributed by atoms with van der Waals surface area (Å²) in [5, 5.41) is 4.91. The summed E-state index contributed by atoms with van der Waals surface area (Å²) in [5.74, 6) is 0.652. The van der Waals surface area contributed by atoms with E-state index in [1.807, 2.05) is 29.5 Å². The molecule has 0 amide bonds. The predicted octanol–water partition coefficient (Wildman–Crippen LogP) is 14.2. The molecule has 0 radical (unpaired) electrons. The van der Waals surface area contributed by atoms with Crippen molar-refractivity contribution in [2.75, 3.05) is 4.90 Å². The van der Waals surface area contributed by atoms with Crippen LogP contribution in [0.2, 0.25) is 0 Å². The Kier molecular flexibility index (Phi) is 6.90. The second-order valence-corrected chi connectivity index (χ2v) is 16.2. The molecule has 0 unspecified atom stereocenters. The number of thiophene rings is 1. The van der Waals surface area contributed by atoms with Gasteiger partial charge in [0.25, 0.3) is 0 Å². The predicted molar refractivity (Wildman–Crippen MR) is 228 cm³/mol. The Morgan fingerprint density at radius 2 is 1.28 bits per heavy atom. The molecule has 258 valence electrons. The van der Waals surface area contributed by atoms with Gasteiger partial charge in [0.05, 0.1) is 0 Å². The lowest BCUT2D eigenvalue weighted by Crippen LogP contribution is -2.20. The van der Waals surface area contributed by atoms with Crippen molar-refractivity contribution >= 4 is 70.3 Å². The van der Waals surface area contributed by atoms with Crippen LogP contribution in [-0.4, -0.2) is 4.98 Å². The van der Waals surface area contributed by atoms with Crippen LogP contribution in [0.15, 0.2) is 168 Å². The van der Waals surface area contributed by atoms with Crippen molar-refractivity contribution in [3.8, 4) is 22.6 Å². The first-order valence-corrected chi connectivity index (χ1v) is 19.6.